The van der Waals surface area contributed by atoms with E-state index in [0.29, 0.717) is 13.0 Å². The van der Waals surface area contributed by atoms with Crippen molar-refractivity contribution in [1.29, 1.82) is 0 Å². The molecular formula is C25H24N2O2. The molecule has 0 bridgehead atoms. The maximum absolute atomic E-state index is 13.0. The van der Waals surface area contributed by atoms with Gasteiger partial charge in [0.25, 0.3) is 0 Å². The van der Waals surface area contributed by atoms with Crippen molar-refractivity contribution in [2.75, 3.05) is 11.9 Å². The van der Waals surface area contributed by atoms with E-state index in [1.165, 1.54) is 5.57 Å². The third-order valence-corrected chi connectivity index (χ3v) is 5.82. The molecule has 2 heterocycles. The number of carbonyl (C=O) groups excluding carboxylic acids is 1. The fourth-order valence-electron chi connectivity index (χ4n) is 4.51. The molecule has 1 atom stereocenters. The number of ether oxygens (including phenoxy) is 1. The molecule has 1 aliphatic heterocycles. The Kier molecular flexibility index (Phi) is 4.55. The Balaban J connectivity index is 1.63. The molecule has 2 aliphatic rings. The van der Waals surface area contributed by atoms with Gasteiger partial charge in [0.05, 0.1) is 18.2 Å². The monoisotopic (exact) mass is 384 g/mol. The zero-order valence-corrected chi connectivity index (χ0v) is 16.6. The first-order valence-corrected chi connectivity index (χ1v) is 10.4. The van der Waals surface area contributed by atoms with Gasteiger partial charge in [0.1, 0.15) is 5.75 Å². The number of Topliss-reactive ketones (excluding diaryl/α,β-unsaturated/α-hetero) is 1. The van der Waals surface area contributed by atoms with Gasteiger partial charge in [-0.25, -0.2) is 0 Å². The fourth-order valence-corrected chi connectivity index (χ4v) is 4.51. The van der Waals surface area contributed by atoms with Crippen LogP contribution in [0.25, 0.3) is 16.5 Å². The second-order valence-electron chi connectivity index (χ2n) is 7.72. The highest BCUT2D eigenvalue weighted by molar-refractivity contribution is 6.12. The van der Waals surface area contributed by atoms with Gasteiger partial charge in [-0.05, 0) is 60.7 Å². The molecule has 0 saturated heterocycles. The lowest BCUT2D eigenvalue weighted by Crippen LogP contribution is -2.27. The summed E-state index contributed by atoms with van der Waals surface area (Å²) in [6.45, 7) is 2.81. The number of nitrogens with zero attached hydrogens (tertiary/aromatic N) is 1. The van der Waals surface area contributed by atoms with Gasteiger partial charge in [-0.15, -0.1) is 0 Å². The number of benzene rings is 2. The van der Waals surface area contributed by atoms with E-state index in [-0.39, 0.29) is 11.8 Å². The molecule has 0 saturated carbocycles. The highest BCUT2D eigenvalue weighted by Gasteiger charge is 2.34. The lowest BCUT2D eigenvalue weighted by Gasteiger charge is -2.35. The minimum atomic E-state index is -0.125. The second-order valence-corrected chi connectivity index (χ2v) is 7.72. The van der Waals surface area contributed by atoms with Crippen LogP contribution >= 0.6 is 0 Å². The van der Waals surface area contributed by atoms with Crippen molar-refractivity contribution in [2.24, 2.45) is 0 Å². The Labute approximate surface area is 170 Å². The largest absolute Gasteiger partial charge is 0.494 e. The first kappa shape index (κ1) is 17.9. The van der Waals surface area contributed by atoms with E-state index in [9.17, 15) is 4.79 Å². The van der Waals surface area contributed by atoms with Gasteiger partial charge in [0.15, 0.2) is 5.78 Å². The highest BCUT2D eigenvalue weighted by Crippen LogP contribution is 2.47. The van der Waals surface area contributed by atoms with Crippen LogP contribution in [-0.2, 0) is 4.79 Å². The first-order chi connectivity index (χ1) is 14.3. The number of pyridine rings is 1. The van der Waals surface area contributed by atoms with Gasteiger partial charge in [0.2, 0.25) is 0 Å². The summed E-state index contributed by atoms with van der Waals surface area (Å²) in [6, 6.07) is 16.2. The number of allylic oxidation sites excluding steroid dienone is 1. The Hall–Kier alpha value is -3.14. The second kappa shape index (κ2) is 7.36. The summed E-state index contributed by atoms with van der Waals surface area (Å²) >= 11 is 0. The third kappa shape index (κ3) is 3.09. The van der Waals surface area contributed by atoms with Gasteiger partial charge in [0, 0.05) is 34.8 Å². The highest BCUT2D eigenvalue weighted by atomic mass is 16.5. The predicted molar refractivity (Wildman–Crippen MR) is 116 cm³/mol. The van der Waals surface area contributed by atoms with Crippen molar-refractivity contribution in [3.8, 4) is 5.75 Å². The molecule has 1 aromatic heterocycles. The molecule has 5 rings (SSSR count). The number of rotatable bonds is 4. The smallest absolute Gasteiger partial charge is 0.161 e. The van der Waals surface area contributed by atoms with Crippen LogP contribution in [0.1, 0.15) is 49.8 Å². The van der Waals surface area contributed by atoms with Crippen molar-refractivity contribution < 1.29 is 9.53 Å². The molecular weight excluding hydrogens is 360 g/mol. The molecule has 0 fully saturated rings. The quantitative estimate of drug-likeness (QED) is 0.627. The summed E-state index contributed by atoms with van der Waals surface area (Å²) in [5.41, 5.74) is 6.39. The molecule has 3 aromatic rings. The molecule has 4 heteroatoms. The predicted octanol–water partition coefficient (Wildman–Crippen LogP) is 5.70. The molecule has 2 aromatic carbocycles. The van der Waals surface area contributed by atoms with Gasteiger partial charge in [-0.2, -0.15) is 0 Å². The minimum Gasteiger partial charge on any atom is -0.494 e. The van der Waals surface area contributed by atoms with Crippen molar-refractivity contribution in [3.63, 3.8) is 0 Å². The molecule has 1 aliphatic carbocycles. The summed E-state index contributed by atoms with van der Waals surface area (Å²) in [6.07, 6.45) is 5.25. The first-order valence-electron chi connectivity index (χ1n) is 10.4. The van der Waals surface area contributed by atoms with E-state index in [1.807, 2.05) is 24.4 Å². The topological polar surface area (TPSA) is 51.2 Å². The van der Waals surface area contributed by atoms with Crippen LogP contribution in [0.5, 0.6) is 5.75 Å². The van der Waals surface area contributed by atoms with Crippen molar-refractivity contribution in [1.82, 2.24) is 4.98 Å². The third-order valence-electron chi connectivity index (χ3n) is 5.82. The number of fused-ring (bicyclic) bond motifs is 4. The van der Waals surface area contributed by atoms with E-state index in [2.05, 4.69) is 47.6 Å². The standard InChI is InChI=1S/C25H24N2O2/c1-2-15-29-17-10-8-16(9-11-17)25-24-19(5-3-7-22(24)28)23-18-6-4-14-26-20(18)12-13-21(23)27-25/h4,6,8-14,25,27H,2-3,5,7,15H2,1H3/t25-/m1/s1. The number of hydrogen-bond donors (Lipinski definition) is 1. The molecule has 0 radical (unpaired) electrons. The number of anilines is 1. The lowest BCUT2D eigenvalue weighted by atomic mass is 9.77. The summed E-state index contributed by atoms with van der Waals surface area (Å²) in [5.74, 6) is 1.12. The van der Waals surface area contributed by atoms with E-state index in [4.69, 9.17) is 4.74 Å². The number of nitrogens with one attached hydrogen (secondary N) is 1. The molecule has 0 amide bonds. The Morgan fingerprint density at radius 1 is 1.10 bits per heavy atom. The van der Waals surface area contributed by atoms with Crippen LogP contribution in [0.4, 0.5) is 5.69 Å². The molecule has 4 nitrogen and oxygen atoms in total. The average Bonchev–Trinajstić information content (AvgIpc) is 2.77. The Morgan fingerprint density at radius 2 is 1.97 bits per heavy atom. The summed E-state index contributed by atoms with van der Waals surface area (Å²) < 4.78 is 5.72. The van der Waals surface area contributed by atoms with Crippen LogP contribution < -0.4 is 10.1 Å². The lowest BCUT2D eigenvalue weighted by molar-refractivity contribution is -0.116. The Morgan fingerprint density at radius 3 is 2.79 bits per heavy atom. The van der Waals surface area contributed by atoms with Crippen LogP contribution in [0.3, 0.4) is 0 Å². The molecule has 1 N–H and O–H groups in total. The van der Waals surface area contributed by atoms with Gasteiger partial charge >= 0.3 is 0 Å². The fraction of sp³-hybridized carbons (Fsp3) is 0.280. The summed E-state index contributed by atoms with van der Waals surface area (Å²) in [5, 5.41) is 4.76. The van der Waals surface area contributed by atoms with Crippen molar-refractivity contribution in [2.45, 2.75) is 38.6 Å². The zero-order valence-electron chi connectivity index (χ0n) is 16.6. The average molecular weight is 384 g/mol. The van der Waals surface area contributed by atoms with Crippen molar-refractivity contribution >= 4 is 27.9 Å². The van der Waals surface area contributed by atoms with E-state index in [1.54, 1.807) is 0 Å². The van der Waals surface area contributed by atoms with E-state index < -0.39 is 0 Å². The SMILES string of the molecule is CCCOc1ccc([C@H]2Nc3ccc4ncccc4c3C3=C2C(=O)CCC3)cc1. The van der Waals surface area contributed by atoms with Gasteiger partial charge in [-0.3, -0.25) is 9.78 Å². The van der Waals surface area contributed by atoms with Crippen LogP contribution in [0.15, 0.2) is 60.3 Å². The van der Waals surface area contributed by atoms with Crippen LogP contribution in [0, 0.1) is 0 Å². The minimum absolute atomic E-state index is 0.125. The van der Waals surface area contributed by atoms with Gasteiger partial charge in [-0.1, -0.05) is 25.1 Å². The number of aromatic nitrogens is 1. The Bertz CT molecular complexity index is 1120. The molecule has 146 valence electrons. The molecule has 0 spiro atoms. The zero-order chi connectivity index (χ0) is 19.8. The number of hydrogen-bond acceptors (Lipinski definition) is 4. The summed E-state index contributed by atoms with van der Waals surface area (Å²) in [4.78, 5) is 17.5. The maximum atomic E-state index is 13.0. The van der Waals surface area contributed by atoms with Gasteiger partial charge < -0.3 is 10.1 Å². The van der Waals surface area contributed by atoms with Crippen LogP contribution in [-0.4, -0.2) is 17.4 Å². The van der Waals surface area contributed by atoms with Crippen LogP contribution in [0.2, 0.25) is 0 Å². The number of carbonyl (C=O) groups is 1. The molecule has 29 heavy (non-hydrogen) atoms. The van der Waals surface area contributed by atoms with Crippen molar-refractivity contribution in [3.05, 3.63) is 71.4 Å². The van der Waals surface area contributed by atoms with E-state index >= 15 is 0 Å². The molecule has 0 unspecified atom stereocenters. The normalized spacial score (nSPS) is 18.2. The maximum Gasteiger partial charge on any atom is 0.161 e. The van der Waals surface area contributed by atoms with E-state index in [0.717, 1.165) is 58.3 Å². The summed E-state index contributed by atoms with van der Waals surface area (Å²) in [7, 11) is 0. The number of ketones is 1.